The van der Waals surface area contributed by atoms with Gasteiger partial charge < -0.3 is 15.1 Å². The van der Waals surface area contributed by atoms with E-state index in [4.69, 9.17) is 11.6 Å². The van der Waals surface area contributed by atoms with Gasteiger partial charge in [-0.25, -0.2) is 9.67 Å². The Hall–Kier alpha value is -3.06. The summed E-state index contributed by atoms with van der Waals surface area (Å²) in [6.45, 7) is 7.41. The van der Waals surface area contributed by atoms with E-state index in [9.17, 15) is 15.0 Å². The van der Waals surface area contributed by atoms with Gasteiger partial charge in [0, 0.05) is 19.2 Å². The molecule has 0 bridgehead atoms. The number of amides is 1. The van der Waals surface area contributed by atoms with Crippen LogP contribution in [0.3, 0.4) is 0 Å². The Balaban J connectivity index is 1.85. The monoisotopic (exact) mass is 428 g/mol. The molecular weight excluding hydrogens is 404 g/mol. The maximum absolute atomic E-state index is 13.2. The van der Waals surface area contributed by atoms with E-state index in [1.807, 2.05) is 30.3 Å². The van der Waals surface area contributed by atoms with Gasteiger partial charge in [0.05, 0.1) is 10.7 Å². The largest absolute Gasteiger partial charge is 0.504 e. The van der Waals surface area contributed by atoms with E-state index in [-0.39, 0.29) is 27.9 Å². The summed E-state index contributed by atoms with van der Waals surface area (Å²) in [5.41, 5.74) is 1.48. The number of benzene rings is 2. The quantitative estimate of drug-likeness (QED) is 0.567. The van der Waals surface area contributed by atoms with Crippen molar-refractivity contribution in [1.82, 2.24) is 19.7 Å². The van der Waals surface area contributed by atoms with Crippen LogP contribution in [-0.2, 0) is 6.54 Å². The maximum atomic E-state index is 13.2. The molecule has 0 fully saturated rings. The molecule has 1 amide bonds. The first-order valence-electron chi connectivity index (χ1n) is 9.61. The average Bonchev–Trinajstić information content (AvgIpc) is 3.19. The fraction of sp³-hybridized carbons (Fsp3) is 0.318. The molecule has 0 saturated heterocycles. The lowest BCUT2D eigenvalue weighted by atomic mass is 9.92. The van der Waals surface area contributed by atoms with Crippen LogP contribution < -0.4 is 0 Å². The zero-order valence-corrected chi connectivity index (χ0v) is 18.0. The molecule has 0 spiro atoms. The van der Waals surface area contributed by atoms with Gasteiger partial charge >= 0.3 is 0 Å². The van der Waals surface area contributed by atoms with Crippen molar-refractivity contribution in [3.63, 3.8) is 0 Å². The molecule has 0 aliphatic heterocycles. The molecule has 2 aromatic carbocycles. The smallest absolute Gasteiger partial charge is 0.293 e. The third-order valence-electron chi connectivity index (χ3n) is 4.61. The predicted molar refractivity (Wildman–Crippen MR) is 115 cm³/mol. The van der Waals surface area contributed by atoms with Crippen LogP contribution in [0, 0.1) is 5.41 Å². The normalized spacial score (nSPS) is 11.5. The van der Waals surface area contributed by atoms with Gasteiger partial charge in [0.2, 0.25) is 5.82 Å². The van der Waals surface area contributed by atoms with Crippen molar-refractivity contribution < 1.29 is 15.0 Å². The number of halogens is 1. The van der Waals surface area contributed by atoms with Gasteiger partial charge in [0.15, 0.2) is 11.5 Å². The SMILES string of the molecule is CC(C)(C)CCN(Cc1ccccc1)C(=O)c1ncn(-c2cc(O)c(O)c(Cl)c2)n1. The molecule has 30 heavy (non-hydrogen) atoms. The number of carbonyl (C=O) groups excluding carboxylic acids is 1. The lowest BCUT2D eigenvalue weighted by Crippen LogP contribution is -2.34. The summed E-state index contributed by atoms with van der Waals surface area (Å²) >= 11 is 5.92. The second kappa shape index (κ2) is 8.75. The molecular formula is C22H25ClN4O3. The van der Waals surface area contributed by atoms with Gasteiger partial charge in [-0.3, -0.25) is 4.79 Å². The van der Waals surface area contributed by atoms with Crippen molar-refractivity contribution in [2.45, 2.75) is 33.7 Å². The number of aromatic hydroxyl groups is 2. The number of hydrogen-bond donors (Lipinski definition) is 2. The molecule has 3 rings (SSSR count). The van der Waals surface area contributed by atoms with Gasteiger partial charge in [-0.15, -0.1) is 5.10 Å². The predicted octanol–water partition coefficient (Wildman–Crippen LogP) is 4.41. The van der Waals surface area contributed by atoms with Crippen LogP contribution in [0.25, 0.3) is 5.69 Å². The van der Waals surface area contributed by atoms with Crippen molar-refractivity contribution >= 4 is 17.5 Å². The Bertz CT molecular complexity index is 1010. The summed E-state index contributed by atoms with van der Waals surface area (Å²) in [4.78, 5) is 19.1. The minimum atomic E-state index is -0.409. The molecule has 3 aromatic rings. The Morgan fingerprint density at radius 3 is 2.50 bits per heavy atom. The standard InChI is InChI=1S/C22H25ClN4O3/c1-22(2,3)9-10-26(13-15-7-5-4-6-8-15)21(30)20-24-14-27(25-20)16-11-17(23)19(29)18(28)12-16/h4-8,11-12,14,28-29H,9-10,13H2,1-3H3. The molecule has 1 aromatic heterocycles. The van der Waals surface area contributed by atoms with E-state index in [0.29, 0.717) is 18.8 Å². The van der Waals surface area contributed by atoms with Crippen molar-refractivity contribution in [1.29, 1.82) is 0 Å². The van der Waals surface area contributed by atoms with Crippen molar-refractivity contribution in [2.75, 3.05) is 6.54 Å². The maximum Gasteiger partial charge on any atom is 0.293 e. The molecule has 2 N–H and O–H groups in total. The second-order valence-corrected chi connectivity index (χ2v) is 8.74. The van der Waals surface area contributed by atoms with Crippen LogP contribution >= 0.6 is 11.6 Å². The third-order valence-corrected chi connectivity index (χ3v) is 4.90. The van der Waals surface area contributed by atoms with Crippen LogP contribution in [0.4, 0.5) is 0 Å². The summed E-state index contributed by atoms with van der Waals surface area (Å²) in [7, 11) is 0. The Morgan fingerprint density at radius 2 is 1.87 bits per heavy atom. The van der Waals surface area contributed by atoms with Gasteiger partial charge in [-0.05, 0) is 23.5 Å². The number of rotatable bonds is 6. The van der Waals surface area contributed by atoms with Gasteiger partial charge in [-0.1, -0.05) is 62.7 Å². The third kappa shape index (κ3) is 5.30. The zero-order valence-electron chi connectivity index (χ0n) is 17.2. The first kappa shape index (κ1) is 21.6. The fourth-order valence-electron chi connectivity index (χ4n) is 2.86. The lowest BCUT2D eigenvalue weighted by Gasteiger charge is -2.26. The minimum absolute atomic E-state index is 0.0238. The van der Waals surface area contributed by atoms with E-state index >= 15 is 0 Å². The van der Waals surface area contributed by atoms with E-state index in [1.54, 1.807) is 4.90 Å². The van der Waals surface area contributed by atoms with E-state index in [1.165, 1.54) is 23.1 Å². The Kier molecular flexibility index (Phi) is 6.31. The highest BCUT2D eigenvalue weighted by molar-refractivity contribution is 6.32. The molecule has 0 unspecified atom stereocenters. The molecule has 1 heterocycles. The summed E-state index contributed by atoms with van der Waals surface area (Å²) in [6, 6.07) is 12.5. The number of hydrogen-bond acceptors (Lipinski definition) is 5. The highest BCUT2D eigenvalue weighted by atomic mass is 35.5. The van der Waals surface area contributed by atoms with E-state index in [0.717, 1.165) is 12.0 Å². The molecule has 0 atom stereocenters. The van der Waals surface area contributed by atoms with Crippen molar-refractivity contribution in [2.24, 2.45) is 5.41 Å². The Labute approximate surface area is 180 Å². The second-order valence-electron chi connectivity index (χ2n) is 8.33. The minimum Gasteiger partial charge on any atom is -0.504 e. The van der Waals surface area contributed by atoms with Gasteiger partial charge in [0.25, 0.3) is 5.91 Å². The number of phenols is 2. The molecule has 0 saturated carbocycles. The molecule has 158 valence electrons. The molecule has 7 nitrogen and oxygen atoms in total. The number of aromatic nitrogens is 3. The molecule has 8 heteroatoms. The summed E-state index contributed by atoms with van der Waals surface area (Å²) in [6.07, 6.45) is 2.20. The molecule has 0 aliphatic carbocycles. The van der Waals surface area contributed by atoms with Gasteiger partial charge in [-0.2, -0.15) is 0 Å². The van der Waals surface area contributed by atoms with Crippen LogP contribution in [0.15, 0.2) is 48.8 Å². The van der Waals surface area contributed by atoms with Crippen LogP contribution in [-0.4, -0.2) is 42.3 Å². The van der Waals surface area contributed by atoms with E-state index < -0.39 is 5.75 Å². The fourth-order valence-corrected chi connectivity index (χ4v) is 3.06. The highest BCUT2D eigenvalue weighted by Crippen LogP contribution is 2.35. The molecule has 0 radical (unpaired) electrons. The summed E-state index contributed by atoms with van der Waals surface area (Å²) in [5.74, 6) is -1.02. The van der Waals surface area contributed by atoms with Crippen molar-refractivity contribution in [3.05, 3.63) is 65.2 Å². The lowest BCUT2D eigenvalue weighted by molar-refractivity contribution is 0.0712. The van der Waals surface area contributed by atoms with Crippen LogP contribution in [0.1, 0.15) is 43.4 Å². The number of carbonyl (C=O) groups is 1. The summed E-state index contributed by atoms with van der Waals surface area (Å²) < 4.78 is 1.34. The zero-order chi connectivity index (χ0) is 21.9. The van der Waals surface area contributed by atoms with E-state index in [2.05, 4.69) is 30.9 Å². The number of nitrogens with zero attached hydrogens (tertiary/aromatic N) is 4. The number of phenolic OH excluding ortho intramolecular Hbond substituents is 2. The highest BCUT2D eigenvalue weighted by Gasteiger charge is 2.23. The first-order chi connectivity index (χ1) is 14.1. The van der Waals surface area contributed by atoms with Gasteiger partial charge in [0.1, 0.15) is 6.33 Å². The summed E-state index contributed by atoms with van der Waals surface area (Å²) in [5, 5.41) is 23.6. The van der Waals surface area contributed by atoms with Crippen LogP contribution in [0.5, 0.6) is 11.5 Å². The van der Waals surface area contributed by atoms with Crippen molar-refractivity contribution in [3.8, 4) is 17.2 Å². The topological polar surface area (TPSA) is 91.5 Å². The average molecular weight is 429 g/mol. The Morgan fingerprint density at radius 1 is 1.17 bits per heavy atom. The molecule has 0 aliphatic rings. The first-order valence-corrected chi connectivity index (χ1v) is 9.98. The van der Waals surface area contributed by atoms with Crippen LogP contribution in [0.2, 0.25) is 5.02 Å².